The van der Waals surface area contributed by atoms with Gasteiger partial charge in [0.05, 0.1) is 0 Å². The molecule has 0 aliphatic heterocycles. The smallest absolute Gasteiger partial charge is 0.0382 e. The fourth-order valence-corrected chi connectivity index (χ4v) is 4.76. The molecule has 1 atom stereocenters. The third-order valence-electron chi connectivity index (χ3n) is 7.20. The van der Waals surface area contributed by atoms with Crippen LogP contribution < -0.4 is 5.73 Å². The van der Waals surface area contributed by atoms with Gasteiger partial charge in [0.15, 0.2) is 0 Å². The van der Waals surface area contributed by atoms with Gasteiger partial charge in [0, 0.05) is 11.6 Å². The summed E-state index contributed by atoms with van der Waals surface area (Å²) >= 11 is 0. The number of hydrogen-bond acceptors (Lipinski definition) is 1. The zero-order valence-corrected chi connectivity index (χ0v) is 25.0. The van der Waals surface area contributed by atoms with E-state index in [1.54, 1.807) is 6.08 Å². The largest absolute Gasteiger partial charge is 0.398 e. The Bertz CT molecular complexity index is 1310. The van der Waals surface area contributed by atoms with Crippen molar-refractivity contribution in [2.45, 2.75) is 53.4 Å². The summed E-state index contributed by atoms with van der Waals surface area (Å²) in [4.78, 5) is 0. The van der Waals surface area contributed by atoms with E-state index < -0.39 is 0 Å². The lowest BCUT2D eigenvalue weighted by Gasteiger charge is -2.12. The minimum Gasteiger partial charge on any atom is -0.398 e. The molecule has 2 rings (SSSR count). The van der Waals surface area contributed by atoms with Crippen LogP contribution in [0.15, 0.2) is 168 Å². The maximum atomic E-state index is 6.56. The van der Waals surface area contributed by atoms with Crippen molar-refractivity contribution in [1.29, 1.82) is 0 Å². The monoisotopic (exact) mass is 529 g/mol. The SMILES string of the molecule is C=C\C=C/C=C\C=C\C(=C/C(=C\C)c1ccccc1)CC(=C)/C=C\C=CC(=C)/C(N)=C1/CC(CCC)=C(C)C1C. The minimum absolute atomic E-state index is 0.395. The average Bonchev–Trinajstić information content (AvgIpc) is 3.24. The zero-order valence-electron chi connectivity index (χ0n) is 25.0. The predicted octanol–water partition coefficient (Wildman–Crippen LogP) is 10.9. The molecule has 0 aromatic heterocycles. The van der Waals surface area contributed by atoms with Gasteiger partial charge in [-0.25, -0.2) is 0 Å². The van der Waals surface area contributed by atoms with E-state index in [0.29, 0.717) is 5.92 Å². The maximum Gasteiger partial charge on any atom is 0.0382 e. The zero-order chi connectivity index (χ0) is 29.3. The summed E-state index contributed by atoms with van der Waals surface area (Å²) in [6.45, 7) is 21.1. The number of rotatable bonds is 14. The van der Waals surface area contributed by atoms with Gasteiger partial charge < -0.3 is 5.73 Å². The molecule has 1 aliphatic rings. The first-order valence-corrected chi connectivity index (χ1v) is 14.3. The van der Waals surface area contributed by atoms with Gasteiger partial charge in [-0.1, -0.05) is 166 Å². The van der Waals surface area contributed by atoms with Gasteiger partial charge in [-0.3, -0.25) is 0 Å². The molecule has 1 nitrogen and oxygen atoms in total. The quantitative estimate of drug-likeness (QED) is 0.188. The van der Waals surface area contributed by atoms with Crippen LogP contribution in [0.5, 0.6) is 0 Å². The Morgan fingerprint density at radius 3 is 2.27 bits per heavy atom. The number of allylic oxidation sites excluding steroid dienone is 19. The van der Waals surface area contributed by atoms with Gasteiger partial charge in [0.2, 0.25) is 0 Å². The van der Waals surface area contributed by atoms with E-state index in [1.807, 2.05) is 48.6 Å². The van der Waals surface area contributed by atoms with E-state index in [4.69, 9.17) is 5.73 Å². The van der Waals surface area contributed by atoms with E-state index in [2.05, 4.69) is 102 Å². The van der Waals surface area contributed by atoms with E-state index in [1.165, 1.54) is 39.8 Å². The molecule has 2 N–H and O–H groups in total. The normalized spacial score (nSPS) is 18.4. The lowest BCUT2D eigenvalue weighted by atomic mass is 9.95. The van der Waals surface area contributed by atoms with Gasteiger partial charge in [0.1, 0.15) is 0 Å². The highest BCUT2D eigenvalue weighted by molar-refractivity contribution is 5.75. The van der Waals surface area contributed by atoms with Crippen molar-refractivity contribution in [3.05, 3.63) is 174 Å². The summed E-state index contributed by atoms with van der Waals surface area (Å²) in [6.07, 6.45) is 30.3. The molecule has 0 fully saturated rings. The highest BCUT2D eigenvalue weighted by Gasteiger charge is 2.25. The van der Waals surface area contributed by atoms with Crippen molar-refractivity contribution in [3.63, 3.8) is 0 Å². The Kier molecular flexibility index (Phi) is 14.0. The molecule has 0 radical (unpaired) electrons. The molecule has 0 bridgehead atoms. The molecular weight excluding hydrogens is 482 g/mol. The van der Waals surface area contributed by atoms with Crippen molar-refractivity contribution in [2.24, 2.45) is 11.7 Å². The van der Waals surface area contributed by atoms with Gasteiger partial charge in [-0.15, -0.1) is 0 Å². The highest BCUT2D eigenvalue weighted by Crippen LogP contribution is 2.40. The van der Waals surface area contributed by atoms with Crippen LogP contribution in [0.2, 0.25) is 0 Å². The molecule has 40 heavy (non-hydrogen) atoms. The fourth-order valence-electron chi connectivity index (χ4n) is 4.76. The second kappa shape index (κ2) is 17.5. The molecule has 0 heterocycles. The van der Waals surface area contributed by atoms with Crippen LogP contribution in [-0.4, -0.2) is 0 Å². The Morgan fingerprint density at radius 2 is 1.60 bits per heavy atom. The summed E-state index contributed by atoms with van der Waals surface area (Å²) < 4.78 is 0. The van der Waals surface area contributed by atoms with E-state index in [0.717, 1.165) is 36.1 Å². The Morgan fingerprint density at radius 1 is 0.950 bits per heavy atom. The lowest BCUT2D eigenvalue weighted by Crippen LogP contribution is -2.07. The third-order valence-corrected chi connectivity index (χ3v) is 7.20. The third kappa shape index (κ3) is 10.2. The van der Waals surface area contributed by atoms with E-state index in [9.17, 15) is 0 Å². The molecule has 208 valence electrons. The van der Waals surface area contributed by atoms with Gasteiger partial charge in [-0.2, -0.15) is 0 Å². The Balaban J connectivity index is 2.13. The van der Waals surface area contributed by atoms with Crippen LogP contribution in [-0.2, 0) is 0 Å². The van der Waals surface area contributed by atoms with Crippen molar-refractivity contribution in [1.82, 2.24) is 0 Å². The van der Waals surface area contributed by atoms with Gasteiger partial charge in [0.25, 0.3) is 0 Å². The molecule has 1 aromatic carbocycles. The summed E-state index contributed by atoms with van der Waals surface area (Å²) in [6, 6.07) is 10.4. The first-order valence-electron chi connectivity index (χ1n) is 14.3. The topological polar surface area (TPSA) is 26.0 Å². The van der Waals surface area contributed by atoms with Crippen LogP contribution in [0.4, 0.5) is 0 Å². The lowest BCUT2D eigenvalue weighted by molar-refractivity contribution is 0.811. The molecule has 0 amide bonds. The second-order valence-electron chi connectivity index (χ2n) is 10.1. The summed E-state index contributed by atoms with van der Waals surface area (Å²) in [5.41, 5.74) is 17.1. The molecule has 1 aliphatic carbocycles. The molecular formula is C39H47N. The van der Waals surface area contributed by atoms with Crippen molar-refractivity contribution >= 4 is 5.57 Å². The molecule has 1 heteroatoms. The minimum atomic E-state index is 0.395. The molecule has 0 saturated heterocycles. The first-order chi connectivity index (χ1) is 19.3. The van der Waals surface area contributed by atoms with Crippen molar-refractivity contribution < 1.29 is 0 Å². The average molecular weight is 530 g/mol. The predicted molar refractivity (Wildman–Crippen MR) is 180 cm³/mol. The highest BCUT2D eigenvalue weighted by atomic mass is 14.6. The summed E-state index contributed by atoms with van der Waals surface area (Å²) in [5.74, 6) is 0.395. The molecule has 0 saturated carbocycles. The van der Waals surface area contributed by atoms with E-state index >= 15 is 0 Å². The van der Waals surface area contributed by atoms with Crippen LogP contribution >= 0.6 is 0 Å². The van der Waals surface area contributed by atoms with Crippen molar-refractivity contribution in [2.75, 3.05) is 0 Å². The summed E-state index contributed by atoms with van der Waals surface area (Å²) in [5, 5.41) is 0. The van der Waals surface area contributed by atoms with Crippen LogP contribution in [0, 0.1) is 5.92 Å². The van der Waals surface area contributed by atoms with Crippen molar-refractivity contribution in [3.8, 4) is 0 Å². The standard InChI is InChI=1S/C39H47N/c1-8-11-12-13-14-16-24-34(28-35(10-3)36-25-17-15-18-26-36)27-30(4)22-19-20-23-31(5)39(40)38-29-37(21-9-2)32(6)33(38)7/h8,10-20,22-26,28,33H,1,4-5,9,21,27,29,40H2,2-3,6-7H3/b12-11-,14-13-,22-19-,23-20?,24-16+,34-28+,35-10+,39-38+. The molecule has 0 spiro atoms. The number of benzene rings is 1. The van der Waals surface area contributed by atoms with Crippen LogP contribution in [0.3, 0.4) is 0 Å². The van der Waals surface area contributed by atoms with Gasteiger partial charge in [-0.05, 0) is 61.0 Å². The number of nitrogens with two attached hydrogens (primary N) is 1. The van der Waals surface area contributed by atoms with E-state index in [-0.39, 0.29) is 0 Å². The molecule has 1 unspecified atom stereocenters. The fraction of sp³-hybridized carbons (Fsp3) is 0.231. The summed E-state index contributed by atoms with van der Waals surface area (Å²) in [7, 11) is 0. The second-order valence-corrected chi connectivity index (χ2v) is 10.1. The van der Waals surface area contributed by atoms with Crippen LogP contribution in [0.1, 0.15) is 58.9 Å². The maximum absolute atomic E-state index is 6.56. The molecule has 1 aromatic rings. The van der Waals surface area contributed by atoms with Crippen LogP contribution in [0.25, 0.3) is 5.57 Å². The Hall–Kier alpha value is -4.10. The van der Waals surface area contributed by atoms with Gasteiger partial charge >= 0.3 is 0 Å². The number of hydrogen-bond donors (Lipinski definition) is 1. The first kappa shape index (κ1) is 32.1. The Labute approximate surface area is 244 Å².